The molecule has 2 rings (SSSR count). The van der Waals surface area contributed by atoms with Crippen LogP contribution >= 0.6 is 0 Å². The number of carbonyl (C=O) groups is 1. The Morgan fingerprint density at radius 3 is 2.45 bits per heavy atom. The van der Waals surface area contributed by atoms with Crippen molar-refractivity contribution >= 4 is 11.6 Å². The van der Waals surface area contributed by atoms with Crippen molar-refractivity contribution in [3.8, 4) is 0 Å². The first-order valence-electron chi connectivity index (χ1n) is 7.39. The second-order valence-electron chi connectivity index (χ2n) is 4.95. The summed E-state index contributed by atoms with van der Waals surface area (Å²) in [5.74, 6) is -1.09. The van der Waals surface area contributed by atoms with Gasteiger partial charge in [0.25, 0.3) is 5.91 Å². The van der Waals surface area contributed by atoms with E-state index in [2.05, 4.69) is 17.5 Å². The van der Waals surface area contributed by atoms with Crippen LogP contribution in [0.2, 0.25) is 0 Å². The molecular weight excluding hydrogens is 279 g/mol. The maximum atomic E-state index is 13.6. The van der Waals surface area contributed by atoms with Gasteiger partial charge in [0, 0.05) is 0 Å². The van der Waals surface area contributed by atoms with E-state index in [1.54, 1.807) is 12.1 Å². The molecular formula is C18H19FN2O. The Balaban J connectivity index is 2.16. The summed E-state index contributed by atoms with van der Waals surface area (Å²) >= 11 is 0. The molecule has 0 aliphatic carbocycles. The van der Waals surface area contributed by atoms with Crippen molar-refractivity contribution in [3.05, 3.63) is 71.5 Å². The van der Waals surface area contributed by atoms with Gasteiger partial charge in [-0.1, -0.05) is 55.8 Å². The highest BCUT2D eigenvalue weighted by atomic mass is 19.1. The van der Waals surface area contributed by atoms with E-state index in [0.29, 0.717) is 0 Å². The molecule has 0 aliphatic rings. The molecule has 0 heterocycles. The van der Waals surface area contributed by atoms with Gasteiger partial charge >= 0.3 is 0 Å². The van der Waals surface area contributed by atoms with Gasteiger partial charge in [-0.3, -0.25) is 4.79 Å². The molecule has 0 unspecified atom stereocenters. The van der Waals surface area contributed by atoms with Gasteiger partial charge in [0.2, 0.25) is 0 Å². The van der Waals surface area contributed by atoms with E-state index in [4.69, 9.17) is 0 Å². The molecule has 0 fully saturated rings. The lowest BCUT2D eigenvalue weighted by Gasteiger charge is -2.07. The molecule has 0 aliphatic heterocycles. The minimum atomic E-state index is -0.551. The van der Waals surface area contributed by atoms with Crippen LogP contribution in [0.1, 0.15) is 42.1 Å². The highest BCUT2D eigenvalue weighted by molar-refractivity contribution is 6.02. The third-order valence-electron chi connectivity index (χ3n) is 3.29. The van der Waals surface area contributed by atoms with Gasteiger partial charge in [0.05, 0.1) is 11.3 Å². The SMILES string of the molecule is CCCC/C(=N\NC(=O)c1ccccc1F)c1ccccc1. The Morgan fingerprint density at radius 2 is 1.77 bits per heavy atom. The lowest BCUT2D eigenvalue weighted by molar-refractivity contribution is 0.0950. The molecule has 0 saturated heterocycles. The van der Waals surface area contributed by atoms with Crippen LogP contribution in [0.25, 0.3) is 0 Å². The number of hydrazone groups is 1. The van der Waals surface area contributed by atoms with Gasteiger partial charge in [-0.05, 0) is 30.5 Å². The number of unbranched alkanes of at least 4 members (excludes halogenated alkanes) is 1. The molecule has 0 atom stereocenters. The molecule has 22 heavy (non-hydrogen) atoms. The van der Waals surface area contributed by atoms with Gasteiger partial charge in [-0.2, -0.15) is 5.10 Å². The normalized spacial score (nSPS) is 11.3. The van der Waals surface area contributed by atoms with E-state index in [1.807, 2.05) is 30.3 Å². The molecule has 2 aromatic carbocycles. The Bertz CT molecular complexity index is 653. The van der Waals surface area contributed by atoms with E-state index in [-0.39, 0.29) is 5.56 Å². The first-order chi connectivity index (χ1) is 10.7. The summed E-state index contributed by atoms with van der Waals surface area (Å²) in [6, 6.07) is 15.5. The topological polar surface area (TPSA) is 41.5 Å². The lowest BCUT2D eigenvalue weighted by Crippen LogP contribution is -2.21. The number of nitrogens with zero attached hydrogens (tertiary/aromatic N) is 1. The Morgan fingerprint density at radius 1 is 1.09 bits per heavy atom. The monoisotopic (exact) mass is 298 g/mol. The summed E-state index contributed by atoms with van der Waals surface area (Å²) in [6.07, 6.45) is 2.77. The van der Waals surface area contributed by atoms with E-state index < -0.39 is 11.7 Å². The smallest absolute Gasteiger partial charge is 0.267 e. The average Bonchev–Trinajstić information content (AvgIpc) is 2.56. The van der Waals surface area contributed by atoms with Crippen molar-refractivity contribution < 1.29 is 9.18 Å². The molecule has 3 nitrogen and oxygen atoms in total. The van der Waals surface area contributed by atoms with E-state index in [1.165, 1.54) is 12.1 Å². The van der Waals surface area contributed by atoms with Crippen LogP contribution in [0, 0.1) is 5.82 Å². The van der Waals surface area contributed by atoms with Gasteiger partial charge in [-0.25, -0.2) is 9.82 Å². The second-order valence-corrected chi connectivity index (χ2v) is 4.95. The zero-order valence-corrected chi connectivity index (χ0v) is 12.6. The number of nitrogens with one attached hydrogen (secondary N) is 1. The predicted octanol–water partition coefficient (Wildman–Crippen LogP) is 4.15. The van der Waals surface area contributed by atoms with Crippen molar-refractivity contribution in [2.24, 2.45) is 5.10 Å². The van der Waals surface area contributed by atoms with E-state index >= 15 is 0 Å². The van der Waals surface area contributed by atoms with E-state index in [9.17, 15) is 9.18 Å². The molecule has 114 valence electrons. The molecule has 1 amide bonds. The highest BCUT2D eigenvalue weighted by Crippen LogP contribution is 2.09. The third kappa shape index (κ3) is 4.25. The maximum absolute atomic E-state index is 13.6. The summed E-state index contributed by atoms with van der Waals surface area (Å²) in [4.78, 5) is 12.0. The fourth-order valence-corrected chi connectivity index (χ4v) is 2.06. The number of halogens is 1. The zero-order chi connectivity index (χ0) is 15.8. The van der Waals surface area contributed by atoms with Crippen molar-refractivity contribution in [1.82, 2.24) is 5.43 Å². The summed E-state index contributed by atoms with van der Waals surface area (Å²) < 4.78 is 13.6. The number of rotatable bonds is 6. The van der Waals surface area contributed by atoms with Crippen molar-refractivity contribution in [1.29, 1.82) is 0 Å². The molecule has 1 N–H and O–H groups in total. The standard InChI is InChI=1S/C18H19FN2O/c1-2-3-13-17(14-9-5-4-6-10-14)20-21-18(22)15-11-7-8-12-16(15)19/h4-12H,2-3,13H2,1H3,(H,21,22)/b20-17+. The third-order valence-corrected chi connectivity index (χ3v) is 3.29. The van der Waals surface area contributed by atoms with Crippen LogP contribution in [0.4, 0.5) is 4.39 Å². The van der Waals surface area contributed by atoms with Crippen LogP contribution in [-0.4, -0.2) is 11.6 Å². The van der Waals surface area contributed by atoms with Crippen molar-refractivity contribution in [2.75, 3.05) is 0 Å². The average molecular weight is 298 g/mol. The minimum Gasteiger partial charge on any atom is -0.267 e. The van der Waals surface area contributed by atoms with Gasteiger partial charge < -0.3 is 0 Å². The predicted molar refractivity (Wildman–Crippen MR) is 86.4 cm³/mol. The highest BCUT2D eigenvalue weighted by Gasteiger charge is 2.10. The van der Waals surface area contributed by atoms with Crippen molar-refractivity contribution in [3.63, 3.8) is 0 Å². The maximum Gasteiger partial charge on any atom is 0.274 e. The van der Waals surface area contributed by atoms with Crippen LogP contribution < -0.4 is 5.43 Å². The Kier molecular flexibility index (Phi) is 5.83. The summed E-state index contributed by atoms with van der Waals surface area (Å²) in [7, 11) is 0. The van der Waals surface area contributed by atoms with Crippen LogP contribution in [0.3, 0.4) is 0 Å². The fourth-order valence-electron chi connectivity index (χ4n) is 2.06. The van der Waals surface area contributed by atoms with Gasteiger partial charge in [0.1, 0.15) is 5.82 Å². The minimum absolute atomic E-state index is 0.00541. The molecule has 2 aromatic rings. The molecule has 0 saturated carbocycles. The molecule has 0 aromatic heterocycles. The van der Waals surface area contributed by atoms with Crippen LogP contribution in [0.5, 0.6) is 0 Å². The number of hydrogen-bond donors (Lipinski definition) is 1. The fraction of sp³-hybridized carbons (Fsp3) is 0.222. The lowest BCUT2D eigenvalue weighted by atomic mass is 10.1. The Labute approximate surface area is 129 Å². The zero-order valence-electron chi connectivity index (χ0n) is 12.6. The number of hydrogen-bond acceptors (Lipinski definition) is 2. The molecule has 0 spiro atoms. The number of benzene rings is 2. The first kappa shape index (κ1) is 15.9. The Hall–Kier alpha value is -2.49. The number of carbonyl (C=O) groups excluding carboxylic acids is 1. The van der Waals surface area contributed by atoms with Crippen LogP contribution in [0.15, 0.2) is 59.7 Å². The van der Waals surface area contributed by atoms with Gasteiger partial charge in [-0.15, -0.1) is 0 Å². The summed E-state index contributed by atoms with van der Waals surface area (Å²) in [6.45, 7) is 2.10. The molecule has 4 heteroatoms. The molecule has 0 radical (unpaired) electrons. The summed E-state index contributed by atoms with van der Waals surface area (Å²) in [5.41, 5.74) is 4.21. The molecule has 0 bridgehead atoms. The largest absolute Gasteiger partial charge is 0.274 e. The first-order valence-corrected chi connectivity index (χ1v) is 7.39. The van der Waals surface area contributed by atoms with E-state index in [0.717, 1.165) is 30.5 Å². The number of amides is 1. The van der Waals surface area contributed by atoms with Crippen molar-refractivity contribution in [2.45, 2.75) is 26.2 Å². The summed E-state index contributed by atoms with van der Waals surface area (Å²) in [5, 5.41) is 4.20. The second kappa shape index (κ2) is 8.08. The van der Waals surface area contributed by atoms with Gasteiger partial charge in [0.15, 0.2) is 0 Å². The quantitative estimate of drug-likeness (QED) is 0.631. The van der Waals surface area contributed by atoms with Crippen LogP contribution in [-0.2, 0) is 0 Å².